The van der Waals surface area contributed by atoms with Crippen molar-refractivity contribution in [2.24, 2.45) is 5.92 Å². The van der Waals surface area contributed by atoms with Crippen LogP contribution in [-0.2, 0) is 4.79 Å². The lowest BCUT2D eigenvalue weighted by Crippen LogP contribution is -2.25. The van der Waals surface area contributed by atoms with E-state index in [2.05, 4.69) is 28.6 Å². The Bertz CT molecular complexity index is 555. The fourth-order valence-corrected chi connectivity index (χ4v) is 2.85. The van der Waals surface area contributed by atoms with E-state index < -0.39 is 4.92 Å². The van der Waals surface area contributed by atoms with Gasteiger partial charge in [-0.2, -0.15) is 12.6 Å². The van der Waals surface area contributed by atoms with E-state index >= 15 is 0 Å². The van der Waals surface area contributed by atoms with Crippen molar-refractivity contribution in [2.75, 3.05) is 17.2 Å². The molecule has 0 radical (unpaired) electrons. The Morgan fingerprint density at radius 3 is 2.79 bits per heavy atom. The lowest BCUT2D eigenvalue weighted by Gasteiger charge is -2.17. The highest BCUT2D eigenvalue weighted by atomic mass is 79.9. The summed E-state index contributed by atoms with van der Waals surface area (Å²) in [5.41, 5.74) is -0.00307. The number of benzene rings is 1. The first-order valence-electron chi connectivity index (χ1n) is 5.49. The number of rotatable bonds is 3. The Morgan fingerprint density at radius 2 is 2.26 bits per heavy atom. The monoisotopic (exact) mass is 364 g/mol. The van der Waals surface area contributed by atoms with Crippen molar-refractivity contribution < 1.29 is 9.72 Å². The van der Waals surface area contributed by atoms with Crippen molar-refractivity contribution in [3.8, 4) is 0 Å². The third-order valence-corrected chi connectivity index (χ3v) is 4.77. The molecule has 0 saturated carbocycles. The van der Waals surface area contributed by atoms with Gasteiger partial charge in [-0.3, -0.25) is 14.9 Å². The number of anilines is 1. The minimum Gasteiger partial charge on any atom is -0.306 e. The Morgan fingerprint density at radius 1 is 1.58 bits per heavy atom. The fraction of sp³-hybridized carbons (Fsp3) is 0.364. The molecule has 2 rings (SSSR count). The van der Waals surface area contributed by atoms with Crippen LogP contribution in [0.25, 0.3) is 0 Å². The van der Waals surface area contributed by atoms with Gasteiger partial charge in [0.25, 0.3) is 0 Å². The van der Waals surface area contributed by atoms with Gasteiger partial charge < -0.3 is 4.90 Å². The van der Waals surface area contributed by atoms with E-state index in [1.165, 1.54) is 11.0 Å². The van der Waals surface area contributed by atoms with Crippen LogP contribution in [0.3, 0.4) is 0 Å². The summed E-state index contributed by atoms with van der Waals surface area (Å²) in [5, 5.41) is 11.2. The normalized spacial score (nSPS) is 19.0. The molecule has 0 bridgehead atoms. The van der Waals surface area contributed by atoms with Crippen LogP contribution in [0.1, 0.15) is 6.42 Å². The first-order chi connectivity index (χ1) is 8.95. The van der Waals surface area contributed by atoms with Crippen LogP contribution in [0, 0.1) is 16.0 Å². The van der Waals surface area contributed by atoms with E-state index in [4.69, 9.17) is 11.6 Å². The molecule has 0 spiro atoms. The molecule has 1 aliphatic heterocycles. The average molecular weight is 366 g/mol. The molecule has 0 aromatic heterocycles. The predicted molar refractivity (Wildman–Crippen MR) is 80.1 cm³/mol. The molecule has 1 unspecified atom stereocenters. The van der Waals surface area contributed by atoms with Crippen molar-refractivity contribution in [2.45, 2.75) is 6.42 Å². The largest absolute Gasteiger partial charge is 0.312 e. The van der Waals surface area contributed by atoms with Crippen molar-refractivity contribution in [1.82, 2.24) is 0 Å². The van der Waals surface area contributed by atoms with E-state index in [0.717, 1.165) is 0 Å². The van der Waals surface area contributed by atoms with Crippen LogP contribution in [-0.4, -0.2) is 23.1 Å². The lowest BCUT2D eigenvalue weighted by molar-refractivity contribution is -0.384. The number of nitrogens with zero attached hydrogens (tertiary/aromatic N) is 2. The summed E-state index contributed by atoms with van der Waals surface area (Å²) in [5.74, 6) is 0.540. The number of nitro benzene ring substituents is 1. The van der Waals surface area contributed by atoms with Crippen LogP contribution in [0.4, 0.5) is 11.4 Å². The molecule has 1 aromatic rings. The predicted octanol–water partition coefficient (Wildman–Crippen LogP) is 3.29. The van der Waals surface area contributed by atoms with Crippen molar-refractivity contribution >= 4 is 57.4 Å². The van der Waals surface area contributed by atoms with Crippen LogP contribution in [0.2, 0.25) is 5.02 Å². The fourth-order valence-electron chi connectivity index (χ4n) is 2.06. The third kappa shape index (κ3) is 2.73. The Labute approximate surface area is 128 Å². The molecule has 1 aromatic carbocycles. The van der Waals surface area contributed by atoms with Crippen LogP contribution >= 0.6 is 40.2 Å². The van der Waals surface area contributed by atoms with Gasteiger partial charge in [0, 0.05) is 17.4 Å². The third-order valence-electron chi connectivity index (χ3n) is 2.98. The van der Waals surface area contributed by atoms with Crippen LogP contribution < -0.4 is 4.90 Å². The van der Waals surface area contributed by atoms with Crippen LogP contribution in [0.5, 0.6) is 0 Å². The van der Waals surface area contributed by atoms with E-state index in [-0.39, 0.29) is 28.2 Å². The molecule has 1 amide bonds. The zero-order valence-electron chi connectivity index (χ0n) is 9.68. The summed E-state index contributed by atoms with van der Waals surface area (Å²) < 4.78 is 0.432. The van der Waals surface area contributed by atoms with Gasteiger partial charge in [-0.1, -0.05) is 11.6 Å². The zero-order valence-corrected chi connectivity index (χ0v) is 12.9. The summed E-state index contributed by atoms with van der Waals surface area (Å²) in [6.07, 6.45) is 0.355. The molecule has 102 valence electrons. The minimum absolute atomic E-state index is 0.00428. The summed E-state index contributed by atoms with van der Waals surface area (Å²) in [6.45, 7) is 0.432. The molecule has 19 heavy (non-hydrogen) atoms. The number of halogens is 2. The maximum atomic E-state index is 11.9. The van der Waals surface area contributed by atoms with Gasteiger partial charge >= 0.3 is 5.69 Å². The minimum atomic E-state index is -0.566. The number of nitro groups is 1. The van der Waals surface area contributed by atoms with E-state index in [1.807, 2.05) is 0 Å². The summed E-state index contributed by atoms with van der Waals surface area (Å²) in [7, 11) is 0. The Balaban J connectivity index is 2.49. The van der Waals surface area contributed by atoms with E-state index in [0.29, 0.717) is 23.2 Å². The SMILES string of the molecule is O=C1CC(CS)CN1c1ccc(Br)c(Cl)c1[N+](=O)[O-]. The molecule has 1 aliphatic rings. The molecule has 1 atom stereocenters. The first kappa shape index (κ1) is 14.6. The highest BCUT2D eigenvalue weighted by Gasteiger charge is 2.35. The highest BCUT2D eigenvalue weighted by molar-refractivity contribution is 9.10. The van der Waals surface area contributed by atoms with Gasteiger partial charge in [0.15, 0.2) is 0 Å². The van der Waals surface area contributed by atoms with Gasteiger partial charge in [0.05, 0.1) is 4.92 Å². The summed E-state index contributed by atoms with van der Waals surface area (Å²) >= 11 is 13.3. The number of thiol groups is 1. The van der Waals surface area contributed by atoms with Gasteiger partial charge in [-0.25, -0.2) is 0 Å². The van der Waals surface area contributed by atoms with Crippen molar-refractivity contribution in [3.63, 3.8) is 0 Å². The van der Waals surface area contributed by atoms with Gasteiger partial charge in [-0.15, -0.1) is 0 Å². The summed E-state index contributed by atoms with van der Waals surface area (Å²) in [4.78, 5) is 23.9. The molecule has 0 aliphatic carbocycles. The number of amides is 1. The van der Waals surface area contributed by atoms with E-state index in [1.54, 1.807) is 6.07 Å². The smallest absolute Gasteiger partial charge is 0.306 e. The van der Waals surface area contributed by atoms with Crippen molar-refractivity contribution in [1.29, 1.82) is 0 Å². The molecular formula is C11H10BrClN2O3S. The van der Waals surface area contributed by atoms with Crippen LogP contribution in [0.15, 0.2) is 16.6 Å². The zero-order chi connectivity index (χ0) is 14.2. The lowest BCUT2D eigenvalue weighted by atomic mass is 10.1. The Hall–Kier alpha value is -0.790. The maximum Gasteiger partial charge on any atom is 0.312 e. The standard InChI is InChI=1S/C11H10BrClN2O3S/c12-7-1-2-8(11(10(7)13)15(17)18)14-4-6(5-19)3-9(14)16/h1-2,6,19H,3-5H2. The first-order valence-corrected chi connectivity index (χ1v) is 7.29. The number of hydrogen-bond acceptors (Lipinski definition) is 4. The molecular weight excluding hydrogens is 356 g/mol. The second-order valence-electron chi connectivity index (χ2n) is 4.24. The number of carbonyl (C=O) groups excluding carboxylic acids is 1. The average Bonchev–Trinajstić information content (AvgIpc) is 2.73. The van der Waals surface area contributed by atoms with Gasteiger partial charge in [0.1, 0.15) is 10.7 Å². The topological polar surface area (TPSA) is 63.5 Å². The molecule has 1 heterocycles. The molecule has 8 heteroatoms. The molecule has 5 nitrogen and oxygen atoms in total. The Kier molecular flexibility index (Phi) is 4.37. The second kappa shape index (κ2) is 5.68. The summed E-state index contributed by atoms with van der Waals surface area (Å²) in [6, 6.07) is 3.14. The molecule has 1 fully saturated rings. The highest BCUT2D eigenvalue weighted by Crippen LogP contribution is 2.41. The number of carbonyl (C=O) groups is 1. The van der Waals surface area contributed by atoms with Gasteiger partial charge in [0.2, 0.25) is 5.91 Å². The van der Waals surface area contributed by atoms with E-state index in [9.17, 15) is 14.9 Å². The van der Waals surface area contributed by atoms with Crippen molar-refractivity contribution in [3.05, 3.63) is 31.7 Å². The molecule has 0 N–H and O–H groups in total. The molecule has 1 saturated heterocycles. The van der Waals surface area contributed by atoms with Gasteiger partial charge in [-0.05, 0) is 39.7 Å². The number of hydrogen-bond donors (Lipinski definition) is 1. The quantitative estimate of drug-likeness (QED) is 0.508. The maximum absolute atomic E-state index is 11.9. The second-order valence-corrected chi connectivity index (χ2v) is 5.84.